The molecule has 0 aromatic heterocycles. The van der Waals surface area contributed by atoms with Crippen molar-refractivity contribution in [3.8, 4) is 0 Å². The third kappa shape index (κ3) is 2.76. The highest BCUT2D eigenvalue weighted by atomic mass is 32.2. The van der Waals surface area contributed by atoms with Gasteiger partial charge in [0.05, 0.1) is 18.9 Å². The average Bonchev–Trinajstić information content (AvgIpc) is 2.26. The largest absolute Gasteiger partial charge is 0.391 e. The normalized spacial score (nSPS) is 29.0. The number of hydrogen-bond donors (Lipinski definition) is 2. The summed E-state index contributed by atoms with van der Waals surface area (Å²) in [5, 5.41) is 10.4. The maximum Gasteiger partial charge on any atom is 0.156 e. The van der Waals surface area contributed by atoms with E-state index in [1.165, 1.54) is 0 Å². The van der Waals surface area contributed by atoms with Crippen molar-refractivity contribution in [3.63, 3.8) is 0 Å². The fraction of sp³-hybridized carbons (Fsp3) is 1.00. The molecule has 1 saturated heterocycles. The van der Waals surface area contributed by atoms with Crippen molar-refractivity contribution in [2.24, 2.45) is 0 Å². The molecule has 66 valence electrons. The Morgan fingerprint density at radius 1 is 1.55 bits per heavy atom. The molecular weight excluding hydrogens is 166 g/mol. The summed E-state index contributed by atoms with van der Waals surface area (Å²) < 4.78 is 21.8. The summed E-state index contributed by atoms with van der Waals surface area (Å²) in [6.07, 6.45) is 0.738. The molecule has 1 heterocycles. The van der Waals surface area contributed by atoms with E-state index >= 15 is 0 Å². The molecule has 0 unspecified atom stereocenters. The van der Waals surface area contributed by atoms with Gasteiger partial charge in [0.15, 0.2) is 9.84 Å². The Bertz CT molecular complexity index is 212. The molecule has 0 spiro atoms. The Balaban J connectivity index is 2.31. The molecule has 0 bridgehead atoms. The van der Waals surface area contributed by atoms with Crippen LogP contribution >= 0.6 is 0 Å². The van der Waals surface area contributed by atoms with E-state index in [0.29, 0.717) is 12.3 Å². The van der Waals surface area contributed by atoms with Gasteiger partial charge in [0.1, 0.15) is 11.8 Å². The fourth-order valence-electron chi connectivity index (χ4n) is 1.32. The number of nitrogens with two attached hydrogens (primary N) is 1. The van der Waals surface area contributed by atoms with Crippen LogP contribution in [-0.4, -0.2) is 44.2 Å². The SMILES string of the molecule is O=S1(=O)CC[C@H]([NH2+]CCO)C1. The van der Waals surface area contributed by atoms with Crippen LogP contribution in [0.1, 0.15) is 6.42 Å². The first kappa shape index (κ1) is 8.96. The third-order valence-electron chi connectivity index (χ3n) is 1.90. The molecule has 5 heteroatoms. The van der Waals surface area contributed by atoms with Gasteiger partial charge >= 0.3 is 0 Å². The van der Waals surface area contributed by atoms with E-state index in [1.807, 2.05) is 5.32 Å². The minimum absolute atomic E-state index is 0.122. The van der Waals surface area contributed by atoms with Crippen LogP contribution in [0, 0.1) is 0 Å². The van der Waals surface area contributed by atoms with Gasteiger partial charge in [-0.1, -0.05) is 0 Å². The van der Waals surface area contributed by atoms with Crippen molar-refractivity contribution in [2.75, 3.05) is 24.7 Å². The summed E-state index contributed by atoms with van der Waals surface area (Å²) >= 11 is 0. The van der Waals surface area contributed by atoms with E-state index in [2.05, 4.69) is 0 Å². The lowest BCUT2D eigenvalue weighted by molar-refractivity contribution is -0.685. The summed E-state index contributed by atoms with van der Waals surface area (Å²) in [5.41, 5.74) is 0. The van der Waals surface area contributed by atoms with Crippen LogP contribution in [0.25, 0.3) is 0 Å². The zero-order valence-corrected chi connectivity index (χ0v) is 7.18. The van der Waals surface area contributed by atoms with Crippen molar-refractivity contribution >= 4 is 9.84 Å². The van der Waals surface area contributed by atoms with Crippen molar-refractivity contribution in [1.82, 2.24) is 0 Å². The Hall–Kier alpha value is -0.130. The molecule has 0 saturated carbocycles. The molecule has 1 aliphatic heterocycles. The van der Waals surface area contributed by atoms with E-state index in [0.717, 1.165) is 6.42 Å². The summed E-state index contributed by atoms with van der Waals surface area (Å²) in [6.45, 7) is 0.733. The molecule has 0 aromatic carbocycles. The highest BCUT2D eigenvalue weighted by Crippen LogP contribution is 2.07. The summed E-state index contributed by atoms with van der Waals surface area (Å²) in [7, 11) is -2.74. The first-order valence-corrected chi connectivity index (χ1v) is 5.61. The lowest BCUT2D eigenvalue weighted by Gasteiger charge is -2.03. The number of hydrogen-bond acceptors (Lipinski definition) is 3. The monoisotopic (exact) mass is 180 g/mol. The molecule has 11 heavy (non-hydrogen) atoms. The lowest BCUT2D eigenvalue weighted by atomic mass is 10.3. The fourth-order valence-corrected chi connectivity index (χ4v) is 3.10. The van der Waals surface area contributed by atoms with Crippen LogP contribution in [0.2, 0.25) is 0 Å². The van der Waals surface area contributed by atoms with Crippen LogP contribution in [0.3, 0.4) is 0 Å². The average molecular weight is 180 g/mol. The van der Waals surface area contributed by atoms with Crippen LogP contribution in [-0.2, 0) is 9.84 Å². The molecule has 1 aliphatic rings. The predicted molar refractivity (Wildman–Crippen MR) is 40.9 cm³/mol. The topological polar surface area (TPSA) is 71.0 Å². The highest BCUT2D eigenvalue weighted by molar-refractivity contribution is 7.91. The van der Waals surface area contributed by atoms with Gasteiger partial charge in [0.25, 0.3) is 0 Å². The first-order chi connectivity index (χ1) is 5.14. The highest BCUT2D eigenvalue weighted by Gasteiger charge is 2.29. The molecule has 1 atom stereocenters. The molecule has 0 amide bonds. The Morgan fingerprint density at radius 2 is 2.27 bits per heavy atom. The Morgan fingerprint density at radius 3 is 2.73 bits per heavy atom. The summed E-state index contributed by atoms with van der Waals surface area (Å²) in [4.78, 5) is 0. The zero-order valence-electron chi connectivity index (χ0n) is 6.36. The Labute approximate surface area is 66.5 Å². The second kappa shape index (κ2) is 3.51. The van der Waals surface area contributed by atoms with E-state index in [-0.39, 0.29) is 18.4 Å². The van der Waals surface area contributed by atoms with Gasteiger partial charge in [-0.15, -0.1) is 0 Å². The van der Waals surface area contributed by atoms with Crippen LogP contribution in [0.5, 0.6) is 0 Å². The van der Waals surface area contributed by atoms with Crippen molar-refractivity contribution < 1.29 is 18.8 Å². The molecule has 0 aliphatic carbocycles. The minimum atomic E-state index is -2.74. The number of rotatable bonds is 3. The maximum atomic E-state index is 10.9. The smallest absolute Gasteiger partial charge is 0.156 e. The number of aliphatic hydroxyl groups excluding tert-OH is 1. The van der Waals surface area contributed by atoms with Gasteiger partial charge in [-0.3, -0.25) is 0 Å². The predicted octanol–water partition coefficient (Wildman–Crippen LogP) is -2.27. The van der Waals surface area contributed by atoms with Crippen LogP contribution < -0.4 is 5.32 Å². The van der Waals surface area contributed by atoms with Gasteiger partial charge in [0, 0.05) is 6.42 Å². The van der Waals surface area contributed by atoms with Gasteiger partial charge in [0.2, 0.25) is 0 Å². The molecule has 0 radical (unpaired) electrons. The van der Waals surface area contributed by atoms with Gasteiger partial charge < -0.3 is 10.4 Å². The van der Waals surface area contributed by atoms with Gasteiger partial charge in [-0.05, 0) is 0 Å². The molecule has 4 nitrogen and oxygen atoms in total. The first-order valence-electron chi connectivity index (χ1n) is 3.78. The third-order valence-corrected chi connectivity index (χ3v) is 3.69. The number of sulfone groups is 1. The molecular formula is C6H14NO3S+. The van der Waals surface area contributed by atoms with Gasteiger partial charge in [-0.25, -0.2) is 8.42 Å². The number of quaternary nitrogens is 1. The van der Waals surface area contributed by atoms with Crippen molar-refractivity contribution in [1.29, 1.82) is 0 Å². The summed E-state index contributed by atoms with van der Waals surface area (Å²) in [5.74, 6) is 0.604. The Kier molecular flexibility index (Phi) is 2.86. The molecule has 3 N–H and O–H groups in total. The summed E-state index contributed by atoms with van der Waals surface area (Å²) in [6, 6.07) is 0.187. The van der Waals surface area contributed by atoms with E-state index < -0.39 is 9.84 Å². The van der Waals surface area contributed by atoms with Gasteiger partial charge in [-0.2, -0.15) is 0 Å². The molecule has 0 aromatic rings. The maximum absolute atomic E-state index is 10.9. The second-order valence-electron chi connectivity index (χ2n) is 2.91. The molecule has 1 rings (SSSR count). The zero-order chi connectivity index (χ0) is 8.32. The second-order valence-corrected chi connectivity index (χ2v) is 5.14. The lowest BCUT2D eigenvalue weighted by Crippen LogP contribution is -2.91. The standard InChI is InChI=1S/C6H13NO3S/c8-3-2-7-6-1-4-11(9,10)5-6/h6-8H,1-5H2/p+1/t6-/m0/s1. The van der Waals surface area contributed by atoms with E-state index in [1.54, 1.807) is 0 Å². The van der Waals surface area contributed by atoms with Crippen LogP contribution in [0.4, 0.5) is 0 Å². The number of aliphatic hydroxyl groups is 1. The van der Waals surface area contributed by atoms with E-state index in [4.69, 9.17) is 5.11 Å². The quantitative estimate of drug-likeness (QED) is 0.514. The molecule has 1 fully saturated rings. The minimum Gasteiger partial charge on any atom is -0.391 e. The van der Waals surface area contributed by atoms with Crippen molar-refractivity contribution in [3.05, 3.63) is 0 Å². The van der Waals surface area contributed by atoms with E-state index in [9.17, 15) is 8.42 Å². The van der Waals surface area contributed by atoms with Crippen molar-refractivity contribution in [2.45, 2.75) is 12.5 Å². The van der Waals surface area contributed by atoms with Crippen LogP contribution in [0.15, 0.2) is 0 Å².